The number of hydrogen-bond donors (Lipinski definition) is 3. The van der Waals surface area contributed by atoms with E-state index in [9.17, 15) is 19.2 Å². The molecule has 41 heavy (non-hydrogen) atoms. The molecule has 1 aliphatic carbocycles. The lowest BCUT2D eigenvalue weighted by Gasteiger charge is -2.20. The topological polar surface area (TPSA) is 164 Å². The monoisotopic (exact) mass is 564 g/mol. The van der Waals surface area contributed by atoms with Gasteiger partial charge in [-0.15, -0.1) is 0 Å². The molecule has 13 nitrogen and oxygen atoms in total. The zero-order valence-electron chi connectivity index (χ0n) is 23.6. The second kappa shape index (κ2) is 13.7. The fourth-order valence-corrected chi connectivity index (χ4v) is 4.86. The van der Waals surface area contributed by atoms with Crippen LogP contribution in [0.1, 0.15) is 62.4 Å². The SMILES string of the molecule is COC(=O)NC(CCC=CC(=O)N(C)C)C(=O)Nc1cccn(Cc2nc3ncnc(C4CCCCC4)c3[nH]2)c1=O. The van der Waals surface area contributed by atoms with Gasteiger partial charge in [-0.25, -0.2) is 19.7 Å². The predicted molar refractivity (Wildman–Crippen MR) is 152 cm³/mol. The summed E-state index contributed by atoms with van der Waals surface area (Å²) in [5.41, 5.74) is 1.93. The molecule has 0 aromatic carbocycles. The maximum Gasteiger partial charge on any atom is 0.407 e. The van der Waals surface area contributed by atoms with Crippen molar-refractivity contribution in [1.82, 2.24) is 34.7 Å². The van der Waals surface area contributed by atoms with Gasteiger partial charge in [-0.3, -0.25) is 14.4 Å². The summed E-state index contributed by atoms with van der Waals surface area (Å²) in [5, 5.41) is 5.10. The highest BCUT2D eigenvalue weighted by Crippen LogP contribution is 2.33. The van der Waals surface area contributed by atoms with Crippen molar-refractivity contribution >= 4 is 34.8 Å². The van der Waals surface area contributed by atoms with Crippen LogP contribution in [0.4, 0.5) is 10.5 Å². The van der Waals surface area contributed by atoms with Crippen LogP contribution in [0.25, 0.3) is 11.2 Å². The normalized spacial score (nSPS) is 14.6. The second-order valence-corrected chi connectivity index (χ2v) is 10.2. The summed E-state index contributed by atoms with van der Waals surface area (Å²) in [4.78, 5) is 68.1. The fourth-order valence-electron chi connectivity index (χ4n) is 4.86. The Hall–Kier alpha value is -4.55. The van der Waals surface area contributed by atoms with Crippen molar-refractivity contribution in [3.63, 3.8) is 0 Å². The van der Waals surface area contributed by atoms with Crippen molar-refractivity contribution < 1.29 is 19.1 Å². The predicted octanol–water partition coefficient (Wildman–Crippen LogP) is 2.70. The summed E-state index contributed by atoms with van der Waals surface area (Å²) in [6, 6.07) is 2.14. The minimum Gasteiger partial charge on any atom is -0.453 e. The number of nitrogens with zero attached hydrogens (tertiary/aromatic N) is 5. The van der Waals surface area contributed by atoms with E-state index in [0.717, 1.165) is 24.1 Å². The molecule has 13 heteroatoms. The summed E-state index contributed by atoms with van der Waals surface area (Å²) in [5.74, 6) is 0.124. The van der Waals surface area contributed by atoms with Crippen LogP contribution < -0.4 is 16.2 Å². The lowest BCUT2D eigenvalue weighted by atomic mass is 9.86. The van der Waals surface area contributed by atoms with Crippen molar-refractivity contribution in [3.05, 3.63) is 58.7 Å². The van der Waals surface area contributed by atoms with E-state index >= 15 is 0 Å². The first-order chi connectivity index (χ1) is 19.8. The molecule has 0 bridgehead atoms. The number of allylic oxidation sites excluding steroid dienone is 1. The first-order valence-corrected chi connectivity index (χ1v) is 13.7. The molecule has 3 heterocycles. The summed E-state index contributed by atoms with van der Waals surface area (Å²) < 4.78 is 6.07. The molecule has 0 radical (unpaired) electrons. The maximum atomic E-state index is 13.3. The number of likely N-dealkylation sites (N-methyl/N-ethyl adjacent to an activating group) is 1. The van der Waals surface area contributed by atoms with Crippen LogP contribution in [0.15, 0.2) is 41.6 Å². The number of rotatable bonds is 10. The quantitative estimate of drug-likeness (QED) is 0.316. The van der Waals surface area contributed by atoms with E-state index in [1.165, 1.54) is 54.3 Å². The molecule has 1 fully saturated rings. The third kappa shape index (κ3) is 7.56. The minimum atomic E-state index is -0.998. The average Bonchev–Trinajstić information content (AvgIpc) is 3.39. The third-order valence-electron chi connectivity index (χ3n) is 7.07. The van der Waals surface area contributed by atoms with E-state index in [0.29, 0.717) is 23.8 Å². The van der Waals surface area contributed by atoms with E-state index in [-0.39, 0.29) is 24.6 Å². The van der Waals surface area contributed by atoms with Crippen LogP contribution in [0.2, 0.25) is 0 Å². The van der Waals surface area contributed by atoms with E-state index in [1.54, 1.807) is 32.4 Å². The van der Waals surface area contributed by atoms with Crippen molar-refractivity contribution in [2.75, 3.05) is 26.5 Å². The van der Waals surface area contributed by atoms with Crippen molar-refractivity contribution in [1.29, 1.82) is 0 Å². The Kier molecular flexibility index (Phi) is 9.82. The molecule has 0 saturated heterocycles. The second-order valence-electron chi connectivity index (χ2n) is 10.2. The molecule has 3 amide bonds. The molecule has 4 rings (SSSR count). The van der Waals surface area contributed by atoms with E-state index in [4.69, 9.17) is 0 Å². The van der Waals surface area contributed by atoms with Gasteiger partial charge in [-0.1, -0.05) is 25.3 Å². The smallest absolute Gasteiger partial charge is 0.407 e. The number of aromatic amines is 1. The Morgan fingerprint density at radius 2 is 2.00 bits per heavy atom. The largest absolute Gasteiger partial charge is 0.453 e. The number of aromatic nitrogens is 5. The zero-order chi connectivity index (χ0) is 29.4. The lowest BCUT2D eigenvalue weighted by Crippen LogP contribution is -2.44. The average molecular weight is 565 g/mol. The fraction of sp³-hybridized carbons (Fsp3) is 0.464. The zero-order valence-corrected chi connectivity index (χ0v) is 23.6. The van der Waals surface area contributed by atoms with Crippen LogP contribution in [-0.4, -0.2) is 74.6 Å². The highest BCUT2D eigenvalue weighted by Gasteiger charge is 2.23. The summed E-state index contributed by atoms with van der Waals surface area (Å²) >= 11 is 0. The van der Waals surface area contributed by atoms with Crippen LogP contribution in [0.5, 0.6) is 0 Å². The maximum absolute atomic E-state index is 13.3. The van der Waals surface area contributed by atoms with Crippen molar-refractivity contribution in [3.8, 4) is 0 Å². The van der Waals surface area contributed by atoms with Gasteiger partial charge >= 0.3 is 6.09 Å². The molecule has 1 unspecified atom stereocenters. The van der Waals surface area contributed by atoms with Crippen LogP contribution in [0.3, 0.4) is 0 Å². The Bertz CT molecular complexity index is 1470. The van der Waals surface area contributed by atoms with Gasteiger partial charge in [-0.05, 0) is 43.9 Å². The van der Waals surface area contributed by atoms with Crippen LogP contribution in [0, 0.1) is 0 Å². The number of alkyl carbamates (subject to hydrolysis) is 1. The number of nitrogens with one attached hydrogen (secondary N) is 3. The number of amides is 3. The number of carbonyl (C=O) groups excluding carboxylic acids is 3. The van der Waals surface area contributed by atoms with Gasteiger partial charge < -0.3 is 29.8 Å². The Morgan fingerprint density at radius 1 is 1.22 bits per heavy atom. The molecule has 1 aliphatic rings. The van der Waals surface area contributed by atoms with Gasteiger partial charge in [0.25, 0.3) is 5.56 Å². The standard InChI is InChI=1S/C28H36N8O5/c1-35(2)22(37)14-8-7-12-19(32-28(40)41-3)26(38)31-20-13-9-15-36(27(20)39)16-21-33-24-23(18-10-5-4-6-11-18)29-17-30-25(24)34-21/h8-9,13-15,17-19H,4-7,10-12,16H2,1-3H3,(H,31,38)(H,32,40)(H,29,30,33,34). The molecule has 218 valence electrons. The number of methoxy groups -OCH3 is 1. The van der Waals surface area contributed by atoms with Gasteiger partial charge in [0.05, 0.1) is 19.3 Å². The third-order valence-corrected chi connectivity index (χ3v) is 7.07. The number of ether oxygens (including phenoxy) is 1. The molecular formula is C28H36N8O5. The number of imidazole rings is 1. The van der Waals surface area contributed by atoms with Gasteiger partial charge in [0.1, 0.15) is 29.4 Å². The molecule has 3 N–H and O–H groups in total. The molecular weight excluding hydrogens is 528 g/mol. The van der Waals surface area contributed by atoms with Crippen molar-refractivity contribution in [2.24, 2.45) is 0 Å². The van der Waals surface area contributed by atoms with Gasteiger partial charge in [0, 0.05) is 26.2 Å². The first kappa shape index (κ1) is 29.4. The number of anilines is 1. The molecule has 0 aliphatic heterocycles. The minimum absolute atomic E-state index is 0.0475. The molecule has 0 spiro atoms. The Labute approximate surface area is 237 Å². The summed E-state index contributed by atoms with van der Waals surface area (Å²) in [7, 11) is 4.45. The molecule has 3 aromatic rings. The van der Waals surface area contributed by atoms with E-state index in [1.807, 2.05) is 0 Å². The van der Waals surface area contributed by atoms with Gasteiger partial charge in [-0.2, -0.15) is 0 Å². The number of fused-ring (bicyclic) bond motifs is 1. The van der Waals surface area contributed by atoms with Gasteiger partial charge in [0.15, 0.2) is 5.65 Å². The van der Waals surface area contributed by atoms with E-state index < -0.39 is 23.6 Å². The van der Waals surface area contributed by atoms with Crippen molar-refractivity contribution in [2.45, 2.75) is 63.5 Å². The number of pyridine rings is 1. The Morgan fingerprint density at radius 3 is 2.73 bits per heavy atom. The summed E-state index contributed by atoms with van der Waals surface area (Å²) in [6.07, 6.45) is 11.6. The van der Waals surface area contributed by atoms with Crippen LogP contribution in [-0.2, 0) is 20.9 Å². The summed E-state index contributed by atoms with van der Waals surface area (Å²) in [6.45, 7) is 0.136. The number of carbonyl (C=O) groups is 3. The molecule has 3 aromatic heterocycles. The molecule has 1 atom stereocenters. The van der Waals surface area contributed by atoms with E-state index in [2.05, 4.69) is 35.3 Å². The highest BCUT2D eigenvalue weighted by atomic mass is 16.5. The number of hydrogen-bond acceptors (Lipinski definition) is 8. The number of H-pyrrole nitrogens is 1. The Balaban J connectivity index is 1.48. The van der Waals surface area contributed by atoms with Crippen LogP contribution >= 0.6 is 0 Å². The van der Waals surface area contributed by atoms with Gasteiger partial charge in [0.2, 0.25) is 11.8 Å². The lowest BCUT2D eigenvalue weighted by molar-refractivity contribution is -0.123. The first-order valence-electron chi connectivity index (χ1n) is 13.7. The molecule has 1 saturated carbocycles. The highest BCUT2D eigenvalue weighted by molar-refractivity contribution is 5.96.